The predicted molar refractivity (Wildman–Crippen MR) is 99.0 cm³/mol. The van der Waals surface area contributed by atoms with Crippen molar-refractivity contribution in [3.63, 3.8) is 0 Å². The van der Waals surface area contributed by atoms with E-state index in [1.807, 2.05) is 6.07 Å². The highest BCUT2D eigenvalue weighted by Crippen LogP contribution is 2.40. The van der Waals surface area contributed by atoms with Crippen LogP contribution < -0.4 is 5.43 Å². The van der Waals surface area contributed by atoms with Crippen molar-refractivity contribution in [2.45, 2.75) is 5.33 Å². The molecule has 0 saturated heterocycles. The van der Waals surface area contributed by atoms with E-state index in [4.69, 9.17) is 0 Å². The minimum absolute atomic E-state index is 0.0294. The number of aromatic hydroxyl groups is 2. The Hall–Kier alpha value is -1.38. The number of phenolic OH excluding ortho intramolecular Hbond substituents is 2. The molecule has 2 N–H and O–H groups in total. The molecule has 0 unspecified atom stereocenters. The number of hydrogen-bond acceptors (Lipinski definition) is 4. The molecule has 116 valence electrons. The number of aromatic nitrogens is 2. The third kappa shape index (κ3) is 1.88. The zero-order valence-corrected chi connectivity index (χ0v) is 16.0. The summed E-state index contributed by atoms with van der Waals surface area (Å²) in [6, 6.07) is 5.01. The van der Waals surface area contributed by atoms with Crippen LogP contribution in [-0.4, -0.2) is 19.8 Å². The predicted octanol–water partition coefficient (Wildman–Crippen LogP) is 4.27. The van der Waals surface area contributed by atoms with Gasteiger partial charge in [0.1, 0.15) is 17.0 Å². The second-order valence-corrected chi connectivity index (χ2v) is 7.36. The van der Waals surface area contributed by atoms with Gasteiger partial charge in [-0.1, -0.05) is 15.9 Å². The van der Waals surface area contributed by atoms with Gasteiger partial charge >= 0.3 is 0 Å². The molecule has 2 aromatic carbocycles. The van der Waals surface area contributed by atoms with Gasteiger partial charge in [-0.15, -0.1) is 0 Å². The number of halogens is 3. The molecule has 23 heavy (non-hydrogen) atoms. The summed E-state index contributed by atoms with van der Waals surface area (Å²) < 4.78 is 2.38. The fourth-order valence-corrected chi connectivity index (χ4v) is 4.22. The molecule has 4 aromatic rings. The highest BCUT2D eigenvalue weighted by Gasteiger charge is 2.23. The van der Waals surface area contributed by atoms with Crippen LogP contribution in [-0.2, 0) is 5.33 Å². The van der Waals surface area contributed by atoms with E-state index in [0.29, 0.717) is 20.7 Å². The average Bonchev–Trinajstić information content (AvgIpc) is 2.88. The van der Waals surface area contributed by atoms with E-state index in [1.54, 1.807) is 6.07 Å². The van der Waals surface area contributed by atoms with E-state index < -0.39 is 0 Å². The van der Waals surface area contributed by atoms with Gasteiger partial charge in [-0.25, -0.2) is 4.52 Å². The molecular formula is C15H7Br3N2O3. The van der Waals surface area contributed by atoms with Gasteiger partial charge in [-0.05, 0) is 44.0 Å². The van der Waals surface area contributed by atoms with Crippen LogP contribution >= 0.6 is 47.8 Å². The second-order valence-electron chi connectivity index (χ2n) is 5.09. The molecule has 0 bridgehead atoms. The highest BCUT2D eigenvalue weighted by molar-refractivity contribution is 9.11. The monoisotopic (exact) mass is 500 g/mol. The number of rotatable bonds is 1. The Morgan fingerprint density at radius 1 is 1.09 bits per heavy atom. The Kier molecular flexibility index (Phi) is 3.33. The van der Waals surface area contributed by atoms with Crippen LogP contribution in [0.1, 0.15) is 5.69 Å². The van der Waals surface area contributed by atoms with Crippen molar-refractivity contribution in [3.05, 3.63) is 43.1 Å². The third-order valence-corrected chi connectivity index (χ3v) is 5.67. The lowest BCUT2D eigenvalue weighted by molar-refractivity contribution is 0.464. The molecule has 0 amide bonds. The molecule has 0 atom stereocenters. The van der Waals surface area contributed by atoms with Gasteiger partial charge in [0.05, 0.1) is 26.5 Å². The van der Waals surface area contributed by atoms with E-state index in [2.05, 4.69) is 52.9 Å². The summed E-state index contributed by atoms with van der Waals surface area (Å²) in [4.78, 5) is 13.0. The molecule has 2 heterocycles. The zero-order chi connectivity index (χ0) is 16.5. The van der Waals surface area contributed by atoms with Gasteiger partial charge in [0.2, 0.25) is 5.43 Å². The summed E-state index contributed by atoms with van der Waals surface area (Å²) >= 11 is 9.95. The first-order valence-corrected chi connectivity index (χ1v) is 9.22. The number of alkyl halides is 1. The van der Waals surface area contributed by atoms with Crippen molar-refractivity contribution in [2.75, 3.05) is 0 Å². The Morgan fingerprint density at radius 2 is 1.83 bits per heavy atom. The second kappa shape index (κ2) is 5.06. The fourth-order valence-electron chi connectivity index (χ4n) is 2.89. The van der Waals surface area contributed by atoms with Crippen molar-refractivity contribution in [3.8, 4) is 11.5 Å². The summed E-state index contributed by atoms with van der Waals surface area (Å²) in [6.45, 7) is 0. The van der Waals surface area contributed by atoms with Gasteiger partial charge in [0.25, 0.3) is 0 Å². The topological polar surface area (TPSA) is 74.8 Å². The number of benzene rings is 2. The summed E-state index contributed by atoms with van der Waals surface area (Å²) in [5, 5.41) is 26.9. The first kappa shape index (κ1) is 15.2. The molecule has 0 aliphatic heterocycles. The SMILES string of the molecule is O=c1c2c(O)c(Br)cc(O)c2n2nc(CBr)c3ccc(Br)c1c32. The Bertz CT molecular complexity index is 1170. The largest absolute Gasteiger partial charge is 0.506 e. The van der Waals surface area contributed by atoms with Gasteiger partial charge in [-0.3, -0.25) is 4.79 Å². The summed E-state index contributed by atoms with van der Waals surface area (Å²) in [5.74, 6) is -0.345. The first-order chi connectivity index (χ1) is 11.0. The minimum Gasteiger partial charge on any atom is -0.506 e. The minimum atomic E-state index is -0.361. The van der Waals surface area contributed by atoms with Crippen molar-refractivity contribution in [2.24, 2.45) is 0 Å². The molecule has 0 saturated carbocycles. The van der Waals surface area contributed by atoms with E-state index in [1.165, 1.54) is 10.6 Å². The maximum absolute atomic E-state index is 13.0. The molecule has 0 radical (unpaired) electrons. The van der Waals surface area contributed by atoms with Crippen LogP contribution in [0, 0.1) is 0 Å². The van der Waals surface area contributed by atoms with E-state index in [9.17, 15) is 15.0 Å². The number of pyridine rings is 1. The van der Waals surface area contributed by atoms with E-state index in [0.717, 1.165) is 11.1 Å². The molecular weight excluding hydrogens is 496 g/mol. The first-order valence-electron chi connectivity index (χ1n) is 6.51. The smallest absolute Gasteiger partial charge is 0.202 e. The lowest BCUT2D eigenvalue weighted by Crippen LogP contribution is -2.08. The van der Waals surface area contributed by atoms with Crippen molar-refractivity contribution < 1.29 is 10.2 Å². The molecule has 0 spiro atoms. The fraction of sp³-hybridized carbons (Fsp3) is 0.0667. The lowest BCUT2D eigenvalue weighted by Gasteiger charge is -2.10. The Balaban J connectivity index is 2.49. The van der Waals surface area contributed by atoms with Gasteiger partial charge in [-0.2, -0.15) is 5.10 Å². The van der Waals surface area contributed by atoms with Crippen molar-refractivity contribution in [1.29, 1.82) is 0 Å². The lowest BCUT2D eigenvalue weighted by atomic mass is 10.1. The Labute approximate surface area is 154 Å². The van der Waals surface area contributed by atoms with E-state index >= 15 is 0 Å². The number of nitrogens with zero attached hydrogens (tertiary/aromatic N) is 2. The molecule has 0 fully saturated rings. The van der Waals surface area contributed by atoms with Crippen LogP contribution in [0.15, 0.2) is 31.9 Å². The average molecular weight is 503 g/mol. The molecule has 2 aromatic heterocycles. The zero-order valence-electron chi connectivity index (χ0n) is 11.3. The third-order valence-electron chi connectivity index (χ3n) is 3.87. The van der Waals surface area contributed by atoms with Crippen LogP contribution in [0.3, 0.4) is 0 Å². The number of phenols is 2. The van der Waals surface area contributed by atoms with E-state index in [-0.39, 0.29) is 32.3 Å². The Morgan fingerprint density at radius 3 is 2.52 bits per heavy atom. The number of fused-ring (bicyclic) bond motifs is 2. The maximum Gasteiger partial charge on any atom is 0.202 e. The van der Waals surface area contributed by atoms with Crippen molar-refractivity contribution >= 4 is 75.0 Å². The van der Waals surface area contributed by atoms with Gasteiger partial charge < -0.3 is 10.2 Å². The standard InChI is InChI=1S/C15H7Br3N2O3/c16-4-8-5-1-2-6(17)10-12(5)20(19-8)13-9(21)3-7(18)14(22)11(13)15(10)23/h1-3,21-22H,4H2. The molecule has 5 nitrogen and oxygen atoms in total. The maximum atomic E-state index is 13.0. The molecule has 4 rings (SSSR count). The van der Waals surface area contributed by atoms with Gasteiger partial charge in [0.15, 0.2) is 0 Å². The van der Waals surface area contributed by atoms with Crippen molar-refractivity contribution in [1.82, 2.24) is 9.61 Å². The normalized spacial score (nSPS) is 12.0. The molecule has 0 aliphatic rings. The summed E-state index contributed by atoms with van der Waals surface area (Å²) in [6.07, 6.45) is 0. The van der Waals surface area contributed by atoms with Crippen LogP contribution in [0.25, 0.3) is 27.2 Å². The molecule has 8 heteroatoms. The summed E-state index contributed by atoms with van der Waals surface area (Å²) in [7, 11) is 0. The van der Waals surface area contributed by atoms with Gasteiger partial charge in [0, 0.05) is 21.3 Å². The quantitative estimate of drug-likeness (QED) is 0.231. The van der Waals surface area contributed by atoms with Crippen LogP contribution in [0.2, 0.25) is 0 Å². The summed E-state index contributed by atoms with van der Waals surface area (Å²) in [5.41, 5.74) is 1.19. The van der Waals surface area contributed by atoms with Crippen LogP contribution in [0.5, 0.6) is 11.5 Å². The number of hydrogen-bond donors (Lipinski definition) is 2. The highest BCUT2D eigenvalue weighted by atomic mass is 79.9. The molecule has 0 aliphatic carbocycles. The van der Waals surface area contributed by atoms with Crippen LogP contribution in [0.4, 0.5) is 0 Å².